The molecule has 104 valence electrons. The lowest BCUT2D eigenvalue weighted by Gasteiger charge is -2.23. The van der Waals surface area contributed by atoms with Crippen LogP contribution in [0, 0.1) is 5.41 Å². The summed E-state index contributed by atoms with van der Waals surface area (Å²) >= 11 is 9.64. The first-order valence-electron chi connectivity index (χ1n) is 6.33. The highest BCUT2D eigenvalue weighted by Gasteiger charge is 2.39. The van der Waals surface area contributed by atoms with E-state index in [1.807, 2.05) is 25.1 Å². The van der Waals surface area contributed by atoms with E-state index in [0.29, 0.717) is 0 Å². The van der Waals surface area contributed by atoms with Crippen LogP contribution in [0.15, 0.2) is 22.7 Å². The number of halogens is 2. The van der Waals surface area contributed by atoms with Crippen LogP contribution >= 0.6 is 27.5 Å². The summed E-state index contributed by atoms with van der Waals surface area (Å²) < 4.78 is 0.984. The predicted molar refractivity (Wildman–Crippen MR) is 81.2 cm³/mol. The number of rotatable bonds is 3. The Kier molecular flexibility index (Phi) is 4.54. The van der Waals surface area contributed by atoms with Gasteiger partial charge in [0, 0.05) is 29.6 Å². The van der Waals surface area contributed by atoms with Crippen molar-refractivity contribution in [3.63, 3.8) is 0 Å². The fourth-order valence-electron chi connectivity index (χ4n) is 2.57. The third-order valence-corrected chi connectivity index (χ3v) is 4.58. The van der Waals surface area contributed by atoms with Crippen LogP contribution < -0.4 is 5.32 Å². The van der Waals surface area contributed by atoms with Crippen LogP contribution in [0.3, 0.4) is 0 Å². The molecule has 0 saturated carbocycles. The van der Waals surface area contributed by atoms with Crippen molar-refractivity contribution in [1.29, 1.82) is 0 Å². The Hall–Kier alpha value is -0.580. The first-order chi connectivity index (χ1) is 8.94. The molecule has 2 rings (SSSR count). The van der Waals surface area contributed by atoms with E-state index in [4.69, 9.17) is 11.6 Å². The number of nitrogens with one attached hydrogen (secondary N) is 1. The number of benzene rings is 1. The van der Waals surface area contributed by atoms with Gasteiger partial charge in [0.2, 0.25) is 5.91 Å². The summed E-state index contributed by atoms with van der Waals surface area (Å²) in [5.74, 6) is 0.122. The predicted octanol–water partition coefficient (Wildman–Crippen LogP) is 3.06. The second-order valence-electron chi connectivity index (χ2n) is 5.34. The molecule has 5 heteroatoms. The van der Waals surface area contributed by atoms with Gasteiger partial charge in [0.05, 0.1) is 5.41 Å². The summed E-state index contributed by atoms with van der Waals surface area (Å²) in [5.41, 5.74) is 0.822. The maximum Gasteiger partial charge on any atom is 0.227 e. The highest BCUT2D eigenvalue weighted by molar-refractivity contribution is 9.10. The van der Waals surface area contributed by atoms with Gasteiger partial charge in [-0.1, -0.05) is 33.6 Å². The minimum absolute atomic E-state index is 0.122. The maximum absolute atomic E-state index is 11.9. The maximum atomic E-state index is 11.9. The quantitative estimate of drug-likeness (QED) is 0.913. The molecule has 1 atom stereocenters. The summed E-state index contributed by atoms with van der Waals surface area (Å²) in [4.78, 5) is 14.2. The van der Waals surface area contributed by atoms with Crippen LogP contribution in [0.1, 0.15) is 18.9 Å². The lowest BCUT2D eigenvalue weighted by Crippen LogP contribution is -2.39. The third kappa shape index (κ3) is 3.30. The summed E-state index contributed by atoms with van der Waals surface area (Å²) in [6.45, 7) is 4.52. The standard InChI is InChI=1S/C14H18BrClN2O/c1-14(13(19)17-2)5-6-18(9-14)8-10-3-4-11(15)7-12(10)16/h3-4,7H,5-6,8-9H2,1-2H3,(H,17,19). The largest absolute Gasteiger partial charge is 0.359 e. The number of hydrogen-bond acceptors (Lipinski definition) is 2. The first kappa shape index (κ1) is 14.8. The minimum atomic E-state index is -0.281. The zero-order valence-electron chi connectivity index (χ0n) is 11.2. The second kappa shape index (κ2) is 5.81. The van der Waals surface area contributed by atoms with E-state index >= 15 is 0 Å². The summed E-state index contributed by atoms with van der Waals surface area (Å²) in [5, 5.41) is 3.52. The fraction of sp³-hybridized carbons (Fsp3) is 0.500. The van der Waals surface area contributed by atoms with Crippen molar-refractivity contribution in [1.82, 2.24) is 10.2 Å². The summed E-state index contributed by atoms with van der Waals surface area (Å²) in [7, 11) is 1.70. The Labute approximate surface area is 127 Å². The molecule has 0 aromatic heterocycles. The topological polar surface area (TPSA) is 32.3 Å². The van der Waals surface area contributed by atoms with E-state index < -0.39 is 0 Å². The van der Waals surface area contributed by atoms with Crippen molar-refractivity contribution in [3.05, 3.63) is 33.3 Å². The average Bonchev–Trinajstić information content (AvgIpc) is 2.75. The van der Waals surface area contributed by atoms with E-state index in [-0.39, 0.29) is 11.3 Å². The zero-order valence-corrected chi connectivity index (χ0v) is 13.5. The number of carbonyl (C=O) groups is 1. The normalized spacial score (nSPS) is 23.6. The number of likely N-dealkylation sites (tertiary alicyclic amines) is 1. The van der Waals surface area contributed by atoms with Gasteiger partial charge >= 0.3 is 0 Å². The number of carbonyl (C=O) groups excluding carboxylic acids is 1. The van der Waals surface area contributed by atoms with Gasteiger partial charge in [0.15, 0.2) is 0 Å². The minimum Gasteiger partial charge on any atom is -0.359 e. The molecule has 0 bridgehead atoms. The number of amides is 1. The van der Waals surface area contributed by atoms with Gasteiger partial charge in [-0.15, -0.1) is 0 Å². The van der Waals surface area contributed by atoms with E-state index in [0.717, 1.165) is 41.1 Å². The Morgan fingerprint density at radius 1 is 1.58 bits per heavy atom. The molecule has 1 aliphatic heterocycles. The average molecular weight is 346 g/mol. The van der Waals surface area contributed by atoms with Crippen LogP contribution in [-0.4, -0.2) is 30.9 Å². The van der Waals surface area contributed by atoms with Crippen LogP contribution in [0.4, 0.5) is 0 Å². The van der Waals surface area contributed by atoms with Gasteiger partial charge < -0.3 is 5.32 Å². The van der Waals surface area contributed by atoms with Crippen molar-refractivity contribution in [3.8, 4) is 0 Å². The number of hydrogen-bond donors (Lipinski definition) is 1. The first-order valence-corrected chi connectivity index (χ1v) is 7.50. The molecule has 1 amide bonds. The van der Waals surface area contributed by atoms with Gasteiger partial charge in [0.1, 0.15) is 0 Å². The lowest BCUT2D eigenvalue weighted by atomic mass is 9.89. The van der Waals surface area contributed by atoms with E-state index in [2.05, 4.69) is 26.1 Å². The van der Waals surface area contributed by atoms with Crippen molar-refractivity contribution in [2.24, 2.45) is 5.41 Å². The molecule has 0 radical (unpaired) electrons. The van der Waals surface area contributed by atoms with Crippen LogP contribution in [0.2, 0.25) is 5.02 Å². The summed E-state index contributed by atoms with van der Waals surface area (Å²) in [6, 6.07) is 5.93. The molecule has 1 aromatic rings. The number of nitrogens with zero attached hydrogens (tertiary/aromatic N) is 1. The lowest BCUT2D eigenvalue weighted by molar-refractivity contribution is -0.129. The van der Waals surface area contributed by atoms with Crippen LogP contribution in [0.25, 0.3) is 0 Å². The van der Waals surface area contributed by atoms with Gasteiger partial charge in [0.25, 0.3) is 0 Å². The Balaban J connectivity index is 2.04. The monoisotopic (exact) mass is 344 g/mol. The van der Waals surface area contributed by atoms with Crippen molar-refractivity contribution in [2.75, 3.05) is 20.1 Å². The highest BCUT2D eigenvalue weighted by atomic mass is 79.9. The Morgan fingerprint density at radius 2 is 2.32 bits per heavy atom. The molecular weight excluding hydrogens is 328 g/mol. The zero-order chi connectivity index (χ0) is 14.0. The SMILES string of the molecule is CNC(=O)C1(C)CCN(Cc2ccc(Br)cc2Cl)C1. The van der Waals surface area contributed by atoms with Gasteiger partial charge in [-0.25, -0.2) is 0 Å². The smallest absolute Gasteiger partial charge is 0.227 e. The van der Waals surface area contributed by atoms with Gasteiger partial charge in [-0.2, -0.15) is 0 Å². The third-order valence-electron chi connectivity index (χ3n) is 3.74. The van der Waals surface area contributed by atoms with Crippen molar-refractivity contribution in [2.45, 2.75) is 19.9 Å². The van der Waals surface area contributed by atoms with Gasteiger partial charge in [-0.05, 0) is 37.6 Å². The molecule has 0 aliphatic carbocycles. The molecule has 1 aliphatic rings. The van der Waals surface area contributed by atoms with Crippen molar-refractivity contribution < 1.29 is 4.79 Å². The molecular formula is C14H18BrClN2O. The second-order valence-corrected chi connectivity index (χ2v) is 6.66. The van der Waals surface area contributed by atoms with Crippen LogP contribution in [-0.2, 0) is 11.3 Å². The van der Waals surface area contributed by atoms with E-state index in [9.17, 15) is 4.79 Å². The van der Waals surface area contributed by atoms with Gasteiger partial charge in [-0.3, -0.25) is 9.69 Å². The highest BCUT2D eigenvalue weighted by Crippen LogP contribution is 2.32. The molecule has 1 fully saturated rings. The summed E-state index contributed by atoms with van der Waals surface area (Å²) in [6.07, 6.45) is 0.890. The molecule has 1 saturated heterocycles. The molecule has 1 aromatic carbocycles. The van der Waals surface area contributed by atoms with E-state index in [1.165, 1.54) is 0 Å². The van der Waals surface area contributed by atoms with Crippen LogP contribution in [0.5, 0.6) is 0 Å². The molecule has 1 unspecified atom stereocenters. The molecule has 3 nitrogen and oxygen atoms in total. The molecule has 1 heterocycles. The van der Waals surface area contributed by atoms with Crippen molar-refractivity contribution >= 4 is 33.4 Å². The van der Waals surface area contributed by atoms with E-state index in [1.54, 1.807) is 7.05 Å². The molecule has 19 heavy (non-hydrogen) atoms. The molecule has 1 N–H and O–H groups in total. The molecule has 0 spiro atoms. The Bertz CT molecular complexity index is 494. The fourth-order valence-corrected chi connectivity index (χ4v) is 3.30. The Morgan fingerprint density at radius 3 is 2.95 bits per heavy atom.